The molecular formula is C18H35NO3Si. The highest BCUT2D eigenvalue weighted by atomic mass is 28.4. The lowest BCUT2D eigenvalue weighted by Crippen LogP contribution is -2.46. The molecule has 134 valence electrons. The number of ether oxygens (including phenoxy) is 1. The lowest BCUT2D eigenvalue weighted by molar-refractivity contribution is 0.0184. The molecule has 0 saturated carbocycles. The van der Waals surface area contributed by atoms with E-state index < -0.39 is 13.9 Å². The van der Waals surface area contributed by atoms with E-state index in [-0.39, 0.29) is 17.2 Å². The summed E-state index contributed by atoms with van der Waals surface area (Å²) in [6.07, 6.45) is 2.74. The van der Waals surface area contributed by atoms with Gasteiger partial charge >= 0.3 is 6.09 Å². The third kappa shape index (κ3) is 5.64. The lowest BCUT2D eigenvalue weighted by atomic mass is 10.1. The molecule has 5 heteroatoms. The predicted octanol–water partition coefficient (Wildman–Crippen LogP) is 4.96. The third-order valence-corrected chi connectivity index (χ3v) is 9.29. The van der Waals surface area contributed by atoms with Crippen molar-refractivity contribution in [2.45, 2.75) is 84.7 Å². The highest BCUT2D eigenvalue weighted by molar-refractivity contribution is 6.74. The molecule has 0 N–H and O–H groups in total. The van der Waals surface area contributed by atoms with Crippen LogP contribution >= 0.6 is 0 Å². The van der Waals surface area contributed by atoms with Crippen LogP contribution in [-0.2, 0) is 9.16 Å². The Morgan fingerprint density at radius 1 is 1.26 bits per heavy atom. The number of hydrogen-bond donors (Lipinski definition) is 0. The first kappa shape index (κ1) is 20.2. The van der Waals surface area contributed by atoms with Crippen molar-refractivity contribution in [2.75, 3.05) is 13.2 Å². The fraction of sp³-hybridized carbons (Fsp3) is 0.833. The minimum atomic E-state index is -1.81. The van der Waals surface area contributed by atoms with Gasteiger partial charge < -0.3 is 9.16 Å². The maximum atomic E-state index is 12.5. The Labute approximate surface area is 143 Å². The van der Waals surface area contributed by atoms with Crippen molar-refractivity contribution in [3.8, 4) is 0 Å². The lowest BCUT2D eigenvalue weighted by Gasteiger charge is -2.38. The van der Waals surface area contributed by atoms with Crippen molar-refractivity contribution in [2.24, 2.45) is 0 Å². The number of carbonyl (C=O) groups is 1. The maximum Gasteiger partial charge on any atom is 0.410 e. The van der Waals surface area contributed by atoms with E-state index >= 15 is 0 Å². The molecule has 0 aromatic rings. The average molecular weight is 342 g/mol. The summed E-state index contributed by atoms with van der Waals surface area (Å²) in [5, 5.41) is 0.172. The molecule has 1 aliphatic heterocycles. The summed E-state index contributed by atoms with van der Waals surface area (Å²) in [7, 11) is -1.81. The summed E-state index contributed by atoms with van der Waals surface area (Å²) in [5.74, 6) is 0. The first-order valence-corrected chi connectivity index (χ1v) is 11.5. The number of allylic oxidation sites excluding steroid dienone is 1. The van der Waals surface area contributed by atoms with Gasteiger partial charge in [-0.3, -0.25) is 4.90 Å². The number of rotatable bonds is 3. The van der Waals surface area contributed by atoms with E-state index in [1.54, 1.807) is 0 Å². The van der Waals surface area contributed by atoms with E-state index in [0.29, 0.717) is 13.2 Å². The van der Waals surface area contributed by atoms with Crippen LogP contribution in [0.1, 0.15) is 54.9 Å². The van der Waals surface area contributed by atoms with Gasteiger partial charge in [0.2, 0.25) is 0 Å². The minimum absolute atomic E-state index is 0.0742. The summed E-state index contributed by atoms with van der Waals surface area (Å²) < 4.78 is 11.9. The number of amides is 1. The fourth-order valence-corrected chi connectivity index (χ4v) is 3.28. The Morgan fingerprint density at radius 3 is 2.26 bits per heavy atom. The van der Waals surface area contributed by atoms with Gasteiger partial charge in [0, 0.05) is 6.54 Å². The summed E-state index contributed by atoms with van der Waals surface area (Å²) in [5.41, 5.74) is 0.806. The molecule has 0 unspecified atom stereocenters. The molecule has 1 heterocycles. The van der Waals surface area contributed by atoms with E-state index in [2.05, 4.69) is 39.9 Å². The van der Waals surface area contributed by atoms with Crippen LogP contribution in [0.15, 0.2) is 11.6 Å². The molecule has 4 nitrogen and oxygen atoms in total. The average Bonchev–Trinajstić information content (AvgIpc) is 2.76. The molecule has 1 rings (SSSR count). The highest BCUT2D eigenvalue weighted by Crippen LogP contribution is 2.37. The molecule has 1 aliphatic rings. The summed E-state index contributed by atoms with van der Waals surface area (Å²) in [4.78, 5) is 14.3. The standard InChI is InChI=1S/C18H35NO3Si/c1-10-14-11-15(13-21-23(8,9)18(5,6)7)19(12-14)16(20)22-17(2,3)4/h10,15H,11-13H2,1-9H3/b14-10-/t15-/m1/s1. The smallest absolute Gasteiger partial charge is 0.410 e. The third-order valence-electron chi connectivity index (χ3n) is 4.79. The first-order chi connectivity index (χ1) is 10.3. The fourth-order valence-electron chi connectivity index (χ4n) is 2.24. The molecule has 23 heavy (non-hydrogen) atoms. The monoisotopic (exact) mass is 341 g/mol. The molecule has 1 amide bonds. The summed E-state index contributed by atoms with van der Waals surface area (Å²) >= 11 is 0. The Morgan fingerprint density at radius 2 is 1.83 bits per heavy atom. The molecule has 0 aromatic carbocycles. The van der Waals surface area contributed by atoms with Gasteiger partial charge in [-0.1, -0.05) is 32.4 Å². The molecule has 0 aliphatic carbocycles. The van der Waals surface area contributed by atoms with E-state index in [1.165, 1.54) is 5.57 Å². The van der Waals surface area contributed by atoms with Crippen LogP contribution < -0.4 is 0 Å². The van der Waals surface area contributed by atoms with Crippen LogP contribution in [-0.4, -0.2) is 44.1 Å². The Balaban J connectivity index is 2.80. The normalized spacial score (nSPS) is 21.9. The van der Waals surface area contributed by atoms with Gasteiger partial charge in [-0.2, -0.15) is 0 Å². The number of hydrogen-bond acceptors (Lipinski definition) is 3. The van der Waals surface area contributed by atoms with Crippen LogP contribution in [0.4, 0.5) is 4.79 Å². The minimum Gasteiger partial charge on any atom is -0.444 e. The van der Waals surface area contributed by atoms with Gasteiger partial charge in [0.15, 0.2) is 8.32 Å². The molecule has 0 aromatic heterocycles. The molecule has 1 saturated heterocycles. The topological polar surface area (TPSA) is 38.8 Å². The van der Waals surface area contributed by atoms with Crippen LogP contribution in [0.25, 0.3) is 0 Å². The second kappa shape index (κ2) is 6.97. The van der Waals surface area contributed by atoms with Crippen molar-refractivity contribution in [3.05, 3.63) is 11.6 Å². The van der Waals surface area contributed by atoms with Gasteiger partial charge in [0.25, 0.3) is 0 Å². The van der Waals surface area contributed by atoms with Gasteiger partial charge in [0.1, 0.15) is 5.60 Å². The quantitative estimate of drug-likeness (QED) is 0.538. The Kier molecular flexibility index (Phi) is 6.13. The maximum absolute atomic E-state index is 12.5. The Hall–Kier alpha value is -0.813. The number of nitrogens with zero attached hydrogens (tertiary/aromatic N) is 1. The van der Waals surface area contributed by atoms with Crippen molar-refractivity contribution >= 4 is 14.4 Å². The van der Waals surface area contributed by atoms with Crippen LogP contribution in [0.3, 0.4) is 0 Å². The number of carbonyl (C=O) groups excluding carboxylic acids is 1. The zero-order valence-corrected chi connectivity index (χ0v) is 17.4. The van der Waals surface area contributed by atoms with Crippen LogP contribution in [0, 0.1) is 0 Å². The van der Waals surface area contributed by atoms with Crippen molar-refractivity contribution in [1.29, 1.82) is 0 Å². The van der Waals surface area contributed by atoms with Gasteiger partial charge in [-0.15, -0.1) is 0 Å². The van der Waals surface area contributed by atoms with E-state index in [9.17, 15) is 4.79 Å². The van der Waals surface area contributed by atoms with Gasteiger partial charge in [0.05, 0.1) is 12.6 Å². The first-order valence-electron chi connectivity index (χ1n) is 8.54. The molecule has 0 bridgehead atoms. The number of likely N-dealkylation sites (tertiary alicyclic amines) is 1. The van der Waals surface area contributed by atoms with Crippen molar-refractivity contribution in [3.63, 3.8) is 0 Å². The SMILES string of the molecule is C/C=C1/C[C@H](CO[Si](C)(C)C(C)(C)C)N(C(=O)OC(C)(C)C)C1. The molecule has 1 atom stereocenters. The van der Waals surface area contributed by atoms with Gasteiger partial charge in [-0.25, -0.2) is 4.79 Å². The second-order valence-corrected chi connectivity index (χ2v) is 13.8. The van der Waals surface area contributed by atoms with Crippen LogP contribution in [0.5, 0.6) is 0 Å². The Bertz CT molecular complexity index is 458. The second-order valence-electron chi connectivity index (χ2n) is 8.98. The molecule has 0 spiro atoms. The van der Waals surface area contributed by atoms with Gasteiger partial charge in [-0.05, 0) is 52.2 Å². The molecule has 0 radical (unpaired) electrons. The summed E-state index contributed by atoms with van der Waals surface area (Å²) in [6, 6.07) is 0.0742. The summed E-state index contributed by atoms with van der Waals surface area (Å²) in [6.45, 7) is 20.2. The van der Waals surface area contributed by atoms with E-state index in [1.807, 2.05) is 32.6 Å². The zero-order chi connectivity index (χ0) is 18.1. The van der Waals surface area contributed by atoms with E-state index in [0.717, 1.165) is 6.42 Å². The molecule has 1 fully saturated rings. The predicted molar refractivity (Wildman–Crippen MR) is 98.3 cm³/mol. The van der Waals surface area contributed by atoms with Crippen molar-refractivity contribution in [1.82, 2.24) is 4.90 Å². The van der Waals surface area contributed by atoms with Crippen LogP contribution in [0.2, 0.25) is 18.1 Å². The van der Waals surface area contributed by atoms with Crippen molar-refractivity contribution < 1.29 is 14.0 Å². The zero-order valence-electron chi connectivity index (χ0n) is 16.4. The molecular weight excluding hydrogens is 306 g/mol. The largest absolute Gasteiger partial charge is 0.444 e. The van der Waals surface area contributed by atoms with E-state index in [4.69, 9.17) is 9.16 Å². The highest BCUT2D eigenvalue weighted by Gasteiger charge is 2.40.